The molecule has 0 aliphatic carbocycles. The van der Waals surface area contributed by atoms with Crippen molar-refractivity contribution in [3.05, 3.63) is 18.5 Å². The molecule has 0 aromatic carbocycles. The monoisotopic (exact) mass is 304 g/mol. The average molecular weight is 304 g/mol. The Morgan fingerprint density at radius 1 is 1.18 bits per heavy atom. The highest BCUT2D eigenvalue weighted by Gasteiger charge is 2.28. The molecule has 1 atom stereocenters. The number of anilines is 1. The number of nitrogens with zero attached hydrogens (tertiary/aromatic N) is 4. The Morgan fingerprint density at radius 2 is 1.91 bits per heavy atom. The van der Waals surface area contributed by atoms with Crippen LogP contribution < -0.4 is 15.5 Å². The maximum absolute atomic E-state index is 12.3. The first kappa shape index (κ1) is 14.7. The first-order chi connectivity index (χ1) is 10.7. The Bertz CT molecular complexity index is 529. The summed E-state index contributed by atoms with van der Waals surface area (Å²) in [5.41, 5.74) is 0. The van der Waals surface area contributed by atoms with Crippen LogP contribution in [-0.4, -0.2) is 72.0 Å². The fraction of sp³-hybridized carbons (Fsp3) is 0.571. The SMILES string of the molecule is O=C1NCCN[C@@H]1CC(=O)N1CCN(c2ncccn2)CC1. The van der Waals surface area contributed by atoms with Gasteiger partial charge in [0.2, 0.25) is 17.8 Å². The van der Waals surface area contributed by atoms with Crippen molar-refractivity contribution in [2.75, 3.05) is 44.2 Å². The molecule has 2 fully saturated rings. The molecule has 0 bridgehead atoms. The van der Waals surface area contributed by atoms with Gasteiger partial charge >= 0.3 is 0 Å². The smallest absolute Gasteiger partial charge is 0.237 e. The lowest BCUT2D eigenvalue weighted by Gasteiger charge is -2.35. The molecule has 0 spiro atoms. The van der Waals surface area contributed by atoms with Crippen molar-refractivity contribution in [2.45, 2.75) is 12.5 Å². The van der Waals surface area contributed by atoms with Gasteiger partial charge in [-0.05, 0) is 6.07 Å². The Kier molecular flexibility index (Phi) is 4.47. The van der Waals surface area contributed by atoms with E-state index in [-0.39, 0.29) is 18.2 Å². The van der Waals surface area contributed by atoms with E-state index < -0.39 is 6.04 Å². The predicted molar refractivity (Wildman–Crippen MR) is 80.2 cm³/mol. The van der Waals surface area contributed by atoms with E-state index in [0.717, 1.165) is 0 Å². The van der Waals surface area contributed by atoms with E-state index in [1.807, 2.05) is 4.90 Å². The number of hydrogen-bond acceptors (Lipinski definition) is 6. The van der Waals surface area contributed by atoms with Crippen LogP contribution in [0.4, 0.5) is 5.95 Å². The minimum absolute atomic E-state index is 0.0168. The van der Waals surface area contributed by atoms with Crippen LogP contribution in [0.25, 0.3) is 0 Å². The van der Waals surface area contributed by atoms with E-state index in [1.54, 1.807) is 18.5 Å². The van der Waals surface area contributed by atoms with Crippen LogP contribution >= 0.6 is 0 Å². The van der Waals surface area contributed by atoms with Crippen molar-refractivity contribution >= 4 is 17.8 Å². The molecular weight excluding hydrogens is 284 g/mol. The van der Waals surface area contributed by atoms with Crippen LogP contribution in [0, 0.1) is 0 Å². The van der Waals surface area contributed by atoms with Gasteiger partial charge < -0.3 is 20.4 Å². The van der Waals surface area contributed by atoms with Gasteiger partial charge in [-0.15, -0.1) is 0 Å². The largest absolute Gasteiger partial charge is 0.353 e. The van der Waals surface area contributed by atoms with Crippen molar-refractivity contribution in [1.29, 1.82) is 0 Å². The summed E-state index contributed by atoms with van der Waals surface area (Å²) >= 11 is 0. The van der Waals surface area contributed by atoms with Crippen molar-refractivity contribution in [1.82, 2.24) is 25.5 Å². The third-order valence-corrected chi connectivity index (χ3v) is 3.98. The van der Waals surface area contributed by atoms with Gasteiger partial charge in [-0.2, -0.15) is 0 Å². The van der Waals surface area contributed by atoms with Crippen LogP contribution in [0.15, 0.2) is 18.5 Å². The zero-order valence-electron chi connectivity index (χ0n) is 12.4. The fourth-order valence-electron chi connectivity index (χ4n) is 2.73. The van der Waals surface area contributed by atoms with Gasteiger partial charge in [0.25, 0.3) is 0 Å². The Labute approximate surface area is 128 Å². The molecule has 0 saturated carbocycles. The van der Waals surface area contributed by atoms with E-state index >= 15 is 0 Å². The number of aromatic nitrogens is 2. The quantitative estimate of drug-likeness (QED) is 0.714. The van der Waals surface area contributed by atoms with Gasteiger partial charge in [0.05, 0.1) is 12.5 Å². The minimum Gasteiger partial charge on any atom is -0.353 e. The summed E-state index contributed by atoms with van der Waals surface area (Å²) < 4.78 is 0. The molecule has 8 heteroatoms. The summed E-state index contributed by atoms with van der Waals surface area (Å²) in [4.78, 5) is 36.3. The second kappa shape index (κ2) is 6.69. The normalized spacial score (nSPS) is 22.4. The van der Waals surface area contributed by atoms with Crippen molar-refractivity contribution in [3.8, 4) is 0 Å². The van der Waals surface area contributed by atoms with E-state index in [4.69, 9.17) is 0 Å². The zero-order chi connectivity index (χ0) is 15.4. The lowest BCUT2D eigenvalue weighted by atomic mass is 10.1. The Morgan fingerprint density at radius 3 is 2.59 bits per heavy atom. The van der Waals surface area contributed by atoms with Crippen LogP contribution in [0.3, 0.4) is 0 Å². The first-order valence-electron chi connectivity index (χ1n) is 7.55. The molecular formula is C14H20N6O2. The second-order valence-corrected chi connectivity index (χ2v) is 5.42. The molecule has 22 heavy (non-hydrogen) atoms. The molecule has 1 aromatic rings. The number of rotatable bonds is 3. The maximum atomic E-state index is 12.3. The lowest BCUT2D eigenvalue weighted by Crippen LogP contribution is -2.56. The van der Waals surface area contributed by atoms with Gasteiger partial charge in [-0.25, -0.2) is 9.97 Å². The minimum atomic E-state index is -0.406. The van der Waals surface area contributed by atoms with E-state index in [1.165, 1.54) is 0 Å². The molecule has 2 aliphatic heterocycles. The van der Waals surface area contributed by atoms with E-state index in [2.05, 4.69) is 25.5 Å². The molecule has 3 rings (SSSR count). The fourth-order valence-corrected chi connectivity index (χ4v) is 2.73. The molecule has 2 N–H and O–H groups in total. The third-order valence-electron chi connectivity index (χ3n) is 3.98. The van der Waals surface area contributed by atoms with Gasteiger partial charge in [0, 0.05) is 51.7 Å². The first-order valence-corrected chi connectivity index (χ1v) is 7.55. The predicted octanol–water partition coefficient (Wildman–Crippen LogP) is -1.40. The van der Waals surface area contributed by atoms with Gasteiger partial charge in [-0.1, -0.05) is 0 Å². The van der Waals surface area contributed by atoms with Crippen LogP contribution in [0.5, 0.6) is 0 Å². The molecule has 0 radical (unpaired) electrons. The summed E-state index contributed by atoms with van der Waals surface area (Å²) in [7, 11) is 0. The standard InChI is InChI=1S/C14H20N6O2/c21-12(10-11-13(22)16-5-4-15-11)19-6-8-20(9-7-19)14-17-2-1-3-18-14/h1-3,11,15H,4-10H2,(H,16,22)/t11-/m1/s1. The average Bonchev–Trinajstić information content (AvgIpc) is 2.58. The summed E-state index contributed by atoms with van der Waals surface area (Å²) in [6, 6.07) is 1.38. The van der Waals surface area contributed by atoms with Gasteiger partial charge in [-0.3, -0.25) is 9.59 Å². The van der Waals surface area contributed by atoms with Crippen LogP contribution in [0.1, 0.15) is 6.42 Å². The highest BCUT2D eigenvalue weighted by atomic mass is 16.2. The summed E-state index contributed by atoms with van der Waals surface area (Å²) in [5.74, 6) is 0.627. The lowest BCUT2D eigenvalue weighted by molar-refractivity contribution is -0.135. The summed E-state index contributed by atoms with van der Waals surface area (Å²) in [6.45, 7) is 4.01. The van der Waals surface area contributed by atoms with Crippen LogP contribution in [-0.2, 0) is 9.59 Å². The molecule has 1 aromatic heterocycles. The van der Waals surface area contributed by atoms with Crippen molar-refractivity contribution in [3.63, 3.8) is 0 Å². The third kappa shape index (κ3) is 3.33. The highest BCUT2D eigenvalue weighted by molar-refractivity contribution is 5.88. The second-order valence-electron chi connectivity index (χ2n) is 5.42. The number of carbonyl (C=O) groups excluding carboxylic acids is 2. The zero-order valence-corrected chi connectivity index (χ0v) is 12.4. The van der Waals surface area contributed by atoms with Gasteiger partial charge in [0.1, 0.15) is 0 Å². The highest BCUT2D eigenvalue weighted by Crippen LogP contribution is 2.11. The van der Waals surface area contributed by atoms with Crippen LogP contribution in [0.2, 0.25) is 0 Å². The topological polar surface area (TPSA) is 90.5 Å². The number of amides is 2. The molecule has 118 valence electrons. The molecule has 8 nitrogen and oxygen atoms in total. The van der Waals surface area contributed by atoms with E-state index in [9.17, 15) is 9.59 Å². The molecule has 2 saturated heterocycles. The molecule has 2 aliphatic rings. The number of nitrogens with one attached hydrogen (secondary N) is 2. The molecule has 2 amide bonds. The maximum Gasteiger partial charge on any atom is 0.237 e. The number of hydrogen-bond donors (Lipinski definition) is 2. The Hall–Kier alpha value is -2.22. The Balaban J connectivity index is 1.50. The van der Waals surface area contributed by atoms with Gasteiger partial charge in [0.15, 0.2) is 0 Å². The van der Waals surface area contributed by atoms with Crippen molar-refractivity contribution in [2.24, 2.45) is 0 Å². The summed E-state index contributed by atoms with van der Waals surface area (Å²) in [6.07, 6.45) is 3.65. The molecule has 3 heterocycles. The number of carbonyl (C=O) groups is 2. The van der Waals surface area contributed by atoms with E-state index in [0.29, 0.717) is 45.2 Å². The molecule has 0 unspecified atom stereocenters. The summed E-state index contributed by atoms with van der Waals surface area (Å²) in [5, 5.41) is 5.86. The number of piperazine rings is 2. The van der Waals surface area contributed by atoms with Crippen molar-refractivity contribution < 1.29 is 9.59 Å².